The Balaban J connectivity index is 1.32. The van der Waals surface area contributed by atoms with Gasteiger partial charge in [0, 0.05) is 30.1 Å². The van der Waals surface area contributed by atoms with Gasteiger partial charge in [0.25, 0.3) is 0 Å². The number of methoxy groups -OCH3 is 1. The second-order valence-electron chi connectivity index (χ2n) is 8.36. The fourth-order valence-corrected chi connectivity index (χ4v) is 6.06. The van der Waals surface area contributed by atoms with Gasteiger partial charge in [0.1, 0.15) is 17.0 Å². The number of carbonyl (C=O) groups excluding carboxylic acids is 1. The van der Waals surface area contributed by atoms with Crippen LogP contribution in [0.4, 0.5) is 11.5 Å². The van der Waals surface area contributed by atoms with Crippen LogP contribution in [-0.2, 0) is 22.4 Å². The zero-order valence-corrected chi connectivity index (χ0v) is 19.1. The average Bonchev–Trinajstić information content (AvgIpc) is 3.47. The Labute approximate surface area is 194 Å². The molecule has 1 saturated heterocycles. The highest BCUT2D eigenvalue weighted by Gasteiger charge is 2.32. The molecule has 1 aliphatic carbocycles. The maximum Gasteiger partial charge on any atom is 0.226 e. The Morgan fingerprint density at radius 2 is 2.18 bits per heavy atom. The van der Waals surface area contributed by atoms with Crippen LogP contribution >= 0.6 is 11.3 Å². The van der Waals surface area contributed by atoms with Crippen LogP contribution in [-0.4, -0.2) is 63.8 Å². The Hall–Kier alpha value is -3.24. The predicted molar refractivity (Wildman–Crippen MR) is 125 cm³/mol. The first kappa shape index (κ1) is 20.4. The van der Waals surface area contributed by atoms with E-state index in [0.717, 1.165) is 46.5 Å². The van der Waals surface area contributed by atoms with Crippen LogP contribution < -0.4 is 10.1 Å². The molecule has 1 fully saturated rings. The van der Waals surface area contributed by atoms with E-state index in [2.05, 4.69) is 20.4 Å². The van der Waals surface area contributed by atoms with E-state index in [-0.39, 0.29) is 11.8 Å². The summed E-state index contributed by atoms with van der Waals surface area (Å²) in [6.07, 6.45) is 7.64. The van der Waals surface area contributed by atoms with Gasteiger partial charge in [0.2, 0.25) is 5.91 Å². The fourth-order valence-electron chi connectivity index (χ4n) is 4.79. The molecule has 1 atom stereocenters. The predicted octanol–water partition coefficient (Wildman–Crippen LogP) is 3.05. The van der Waals surface area contributed by atoms with Crippen LogP contribution in [0.15, 0.2) is 30.9 Å². The molecular weight excluding hydrogens is 440 g/mol. The molecule has 9 nitrogen and oxygen atoms in total. The minimum Gasteiger partial charge on any atom is -0.493 e. The Morgan fingerprint density at radius 3 is 3.03 bits per heavy atom. The summed E-state index contributed by atoms with van der Waals surface area (Å²) in [7, 11) is 1.64. The summed E-state index contributed by atoms with van der Waals surface area (Å²) in [5.41, 5.74) is 3.04. The quantitative estimate of drug-likeness (QED) is 0.496. The molecule has 1 aliphatic heterocycles. The maximum atomic E-state index is 13.1. The van der Waals surface area contributed by atoms with Crippen LogP contribution in [0.2, 0.25) is 0 Å². The molecule has 0 saturated carbocycles. The van der Waals surface area contributed by atoms with E-state index in [9.17, 15) is 4.79 Å². The Bertz CT molecular complexity index is 1340. The molecule has 0 bridgehead atoms. The minimum atomic E-state index is 0.0254. The number of nitrogens with zero attached hydrogens (tertiary/aromatic N) is 5. The first-order chi connectivity index (χ1) is 16.2. The van der Waals surface area contributed by atoms with Crippen molar-refractivity contribution in [1.82, 2.24) is 24.5 Å². The van der Waals surface area contributed by atoms with Crippen molar-refractivity contribution in [3.63, 3.8) is 0 Å². The second kappa shape index (κ2) is 8.27. The fraction of sp³-hybridized carbons (Fsp3) is 0.391. The van der Waals surface area contributed by atoms with E-state index in [0.29, 0.717) is 32.1 Å². The molecule has 170 valence electrons. The van der Waals surface area contributed by atoms with E-state index in [1.54, 1.807) is 35.5 Å². The molecule has 4 aromatic heterocycles. The van der Waals surface area contributed by atoms with Gasteiger partial charge in [-0.1, -0.05) is 0 Å². The van der Waals surface area contributed by atoms with Crippen molar-refractivity contribution in [2.45, 2.75) is 19.3 Å². The molecule has 2 aliphatic rings. The number of amides is 1. The molecular formula is C23H24N6O3S. The van der Waals surface area contributed by atoms with Crippen molar-refractivity contribution in [3.05, 3.63) is 41.3 Å². The first-order valence-corrected chi connectivity index (χ1v) is 11.9. The number of ether oxygens (including phenoxy) is 2. The first-order valence-electron chi connectivity index (χ1n) is 11.1. The van der Waals surface area contributed by atoms with Crippen molar-refractivity contribution < 1.29 is 14.3 Å². The summed E-state index contributed by atoms with van der Waals surface area (Å²) >= 11 is 1.67. The van der Waals surface area contributed by atoms with Crippen LogP contribution in [0.25, 0.3) is 15.7 Å². The van der Waals surface area contributed by atoms with Gasteiger partial charge < -0.3 is 19.7 Å². The highest BCUT2D eigenvalue weighted by molar-refractivity contribution is 7.19. The molecule has 1 amide bonds. The highest BCUT2D eigenvalue weighted by atomic mass is 32.1. The number of rotatable bonds is 4. The van der Waals surface area contributed by atoms with Crippen LogP contribution in [0, 0.1) is 5.92 Å². The number of thiophene rings is 1. The largest absolute Gasteiger partial charge is 0.493 e. The van der Waals surface area contributed by atoms with E-state index in [4.69, 9.17) is 9.47 Å². The number of aryl methyl sites for hydroxylation is 1. The van der Waals surface area contributed by atoms with E-state index in [1.807, 2.05) is 23.2 Å². The zero-order valence-electron chi connectivity index (χ0n) is 18.3. The topological polar surface area (TPSA) is 93.9 Å². The number of anilines is 2. The van der Waals surface area contributed by atoms with Crippen molar-refractivity contribution in [2.75, 3.05) is 38.7 Å². The monoisotopic (exact) mass is 464 g/mol. The number of aromatic nitrogens is 4. The molecule has 1 unspecified atom stereocenters. The molecule has 0 radical (unpaired) electrons. The van der Waals surface area contributed by atoms with E-state index >= 15 is 0 Å². The molecule has 4 aromatic rings. The lowest BCUT2D eigenvalue weighted by molar-refractivity contribution is -0.140. The number of nitrogens with one attached hydrogen (secondary N) is 1. The number of hydrogen-bond donors (Lipinski definition) is 1. The summed E-state index contributed by atoms with van der Waals surface area (Å²) in [6, 6.07) is 3.94. The van der Waals surface area contributed by atoms with Crippen molar-refractivity contribution >= 4 is 44.5 Å². The molecule has 0 spiro atoms. The normalized spacial score (nSPS) is 18.5. The number of morpholine rings is 1. The minimum absolute atomic E-state index is 0.0254. The lowest BCUT2D eigenvalue weighted by Gasteiger charge is -2.31. The third-order valence-corrected chi connectivity index (χ3v) is 7.65. The number of hydrogen-bond acceptors (Lipinski definition) is 8. The van der Waals surface area contributed by atoms with Crippen molar-refractivity contribution in [3.8, 4) is 5.75 Å². The van der Waals surface area contributed by atoms with E-state index in [1.165, 1.54) is 10.4 Å². The summed E-state index contributed by atoms with van der Waals surface area (Å²) in [5, 5.41) is 8.79. The van der Waals surface area contributed by atoms with Crippen LogP contribution in [0.1, 0.15) is 16.9 Å². The highest BCUT2D eigenvalue weighted by Crippen LogP contribution is 2.41. The SMILES string of the molecule is COc1cn2nccc2cc1Nc1ncnc2sc3c(c12)CCC(C(=O)N1CCOCC1)C3. The van der Waals surface area contributed by atoms with Gasteiger partial charge in [0.05, 0.1) is 43.1 Å². The number of pyridine rings is 1. The third kappa shape index (κ3) is 3.59. The summed E-state index contributed by atoms with van der Waals surface area (Å²) in [5.74, 6) is 1.72. The Kier molecular flexibility index (Phi) is 5.11. The van der Waals surface area contributed by atoms with Crippen LogP contribution in [0.3, 0.4) is 0 Å². The Morgan fingerprint density at radius 1 is 1.30 bits per heavy atom. The average molecular weight is 465 g/mol. The van der Waals surface area contributed by atoms with Gasteiger partial charge in [-0.3, -0.25) is 4.79 Å². The molecule has 33 heavy (non-hydrogen) atoms. The van der Waals surface area contributed by atoms with Gasteiger partial charge in [-0.2, -0.15) is 5.10 Å². The van der Waals surface area contributed by atoms with Crippen molar-refractivity contribution in [2.24, 2.45) is 5.92 Å². The smallest absolute Gasteiger partial charge is 0.226 e. The lowest BCUT2D eigenvalue weighted by Crippen LogP contribution is -2.44. The van der Waals surface area contributed by atoms with Crippen molar-refractivity contribution in [1.29, 1.82) is 0 Å². The molecule has 5 heterocycles. The summed E-state index contributed by atoms with van der Waals surface area (Å²) in [6.45, 7) is 2.65. The second-order valence-corrected chi connectivity index (χ2v) is 9.45. The van der Waals surface area contributed by atoms with Gasteiger partial charge in [-0.25, -0.2) is 14.5 Å². The van der Waals surface area contributed by atoms with E-state index < -0.39 is 0 Å². The third-order valence-electron chi connectivity index (χ3n) is 6.49. The molecule has 10 heteroatoms. The summed E-state index contributed by atoms with van der Waals surface area (Å²) in [4.78, 5) is 26.3. The van der Waals surface area contributed by atoms with Gasteiger partial charge in [-0.05, 0) is 37.0 Å². The maximum absolute atomic E-state index is 13.1. The number of fused-ring (bicyclic) bond motifs is 4. The van der Waals surface area contributed by atoms with Gasteiger partial charge in [0.15, 0.2) is 5.75 Å². The molecule has 1 N–H and O–H groups in total. The number of carbonyl (C=O) groups is 1. The zero-order chi connectivity index (χ0) is 22.4. The lowest BCUT2D eigenvalue weighted by atomic mass is 9.86. The van der Waals surface area contributed by atoms with Gasteiger partial charge >= 0.3 is 0 Å². The van der Waals surface area contributed by atoms with Gasteiger partial charge in [-0.15, -0.1) is 11.3 Å². The van der Waals surface area contributed by atoms with Crippen LogP contribution in [0.5, 0.6) is 5.75 Å². The molecule has 0 aromatic carbocycles. The summed E-state index contributed by atoms with van der Waals surface area (Å²) < 4.78 is 12.8. The molecule has 6 rings (SSSR count). The standard InChI is InChI=1S/C23H24N6O3S/c1-31-18-12-29-15(4-5-26-29)11-17(18)27-21-20-16-3-2-14(23(30)28-6-8-32-9-7-28)10-19(16)33-22(20)25-13-24-21/h4-5,11-14H,2-3,6-10H2,1H3,(H,24,25,27).